The summed E-state index contributed by atoms with van der Waals surface area (Å²) in [5, 5.41) is 2.94. The smallest absolute Gasteiger partial charge is 0.262 e. The highest BCUT2D eigenvalue weighted by atomic mass is 19.1. The van der Waals surface area contributed by atoms with Crippen LogP contribution in [0.3, 0.4) is 0 Å². The number of carbonyl (C=O) groups excluding carboxylic acids is 1. The summed E-state index contributed by atoms with van der Waals surface area (Å²) in [6.45, 7) is 2.03. The lowest BCUT2D eigenvalue weighted by atomic mass is 10.1. The molecule has 0 aliphatic rings. The molecule has 1 atom stereocenters. The number of methoxy groups -OCH3 is 3. The Hall–Kier alpha value is -3.62. The van der Waals surface area contributed by atoms with Gasteiger partial charge in [-0.2, -0.15) is 0 Å². The maximum atomic E-state index is 13.8. The van der Waals surface area contributed by atoms with Crippen LogP contribution in [0.4, 0.5) is 4.39 Å². The zero-order chi connectivity index (χ0) is 25.8. The van der Waals surface area contributed by atoms with Crippen molar-refractivity contribution in [3.05, 3.63) is 89.7 Å². The molecule has 36 heavy (non-hydrogen) atoms. The number of hydrogen-bond acceptors (Lipinski definition) is 6. The number of ether oxygens (including phenoxy) is 4. The van der Waals surface area contributed by atoms with Crippen LogP contribution in [-0.2, 0) is 22.6 Å². The van der Waals surface area contributed by atoms with Crippen molar-refractivity contribution in [1.82, 2.24) is 10.2 Å². The molecule has 0 aromatic heterocycles. The van der Waals surface area contributed by atoms with E-state index in [1.165, 1.54) is 12.1 Å². The van der Waals surface area contributed by atoms with Crippen molar-refractivity contribution in [3.63, 3.8) is 0 Å². The highest BCUT2D eigenvalue weighted by Gasteiger charge is 2.25. The zero-order valence-corrected chi connectivity index (χ0v) is 20.9. The highest BCUT2D eigenvalue weighted by Crippen LogP contribution is 2.31. The minimum absolute atomic E-state index is 0.237. The molecule has 7 nitrogen and oxygen atoms in total. The van der Waals surface area contributed by atoms with E-state index in [4.69, 9.17) is 18.9 Å². The van der Waals surface area contributed by atoms with Crippen molar-refractivity contribution < 1.29 is 28.1 Å². The van der Waals surface area contributed by atoms with E-state index in [9.17, 15) is 9.18 Å². The van der Waals surface area contributed by atoms with Gasteiger partial charge in [-0.15, -0.1) is 0 Å². The van der Waals surface area contributed by atoms with Crippen LogP contribution < -0.4 is 19.5 Å². The van der Waals surface area contributed by atoms with Crippen molar-refractivity contribution in [1.29, 1.82) is 0 Å². The molecular formula is C28H33FN2O5. The van der Waals surface area contributed by atoms with Gasteiger partial charge in [0.15, 0.2) is 17.6 Å². The fourth-order valence-electron chi connectivity index (χ4n) is 3.79. The molecule has 1 amide bonds. The molecule has 1 N–H and O–H groups in total. The van der Waals surface area contributed by atoms with E-state index in [0.29, 0.717) is 37.7 Å². The Balaban J connectivity index is 1.82. The SMILES string of the molecule is COCCN(Cc1cccc(OC)c1OC)CC(Oc1cccc(F)c1)C(=O)NCc1ccccc1. The fourth-order valence-corrected chi connectivity index (χ4v) is 3.79. The summed E-state index contributed by atoms with van der Waals surface area (Å²) in [5.41, 5.74) is 1.86. The Bertz CT molecular complexity index is 1100. The van der Waals surface area contributed by atoms with Gasteiger partial charge in [0.1, 0.15) is 11.6 Å². The number of benzene rings is 3. The van der Waals surface area contributed by atoms with Crippen LogP contribution in [0.15, 0.2) is 72.8 Å². The van der Waals surface area contributed by atoms with E-state index in [-0.39, 0.29) is 18.2 Å². The van der Waals surface area contributed by atoms with Gasteiger partial charge in [0.25, 0.3) is 5.91 Å². The van der Waals surface area contributed by atoms with Crippen LogP contribution in [0.25, 0.3) is 0 Å². The van der Waals surface area contributed by atoms with Crippen molar-refractivity contribution >= 4 is 5.91 Å². The molecule has 1 unspecified atom stereocenters. The van der Waals surface area contributed by atoms with E-state index >= 15 is 0 Å². The molecule has 3 aromatic rings. The number of carbonyl (C=O) groups is 1. The first-order valence-electron chi connectivity index (χ1n) is 11.7. The van der Waals surface area contributed by atoms with Gasteiger partial charge in [0.05, 0.1) is 20.8 Å². The Morgan fingerprint density at radius 1 is 0.972 bits per heavy atom. The van der Waals surface area contributed by atoms with Crippen LogP contribution in [0.5, 0.6) is 17.2 Å². The summed E-state index contributed by atoms with van der Waals surface area (Å²) in [4.78, 5) is 15.3. The van der Waals surface area contributed by atoms with Crippen LogP contribution in [0.1, 0.15) is 11.1 Å². The Kier molecular flexibility index (Phi) is 10.5. The van der Waals surface area contributed by atoms with Crippen molar-refractivity contribution in [2.24, 2.45) is 0 Å². The summed E-state index contributed by atoms with van der Waals surface area (Å²) >= 11 is 0. The van der Waals surface area contributed by atoms with E-state index in [1.807, 2.05) is 53.4 Å². The first-order chi connectivity index (χ1) is 17.5. The van der Waals surface area contributed by atoms with Crippen molar-refractivity contribution in [3.8, 4) is 17.2 Å². The summed E-state index contributed by atoms with van der Waals surface area (Å²) in [7, 11) is 4.80. The Morgan fingerprint density at radius 3 is 2.44 bits per heavy atom. The number of nitrogens with zero attached hydrogens (tertiary/aromatic N) is 1. The lowest BCUT2D eigenvalue weighted by Crippen LogP contribution is -2.46. The first-order valence-corrected chi connectivity index (χ1v) is 11.7. The molecule has 0 saturated carbocycles. The summed E-state index contributed by atoms with van der Waals surface area (Å²) < 4.78 is 36.2. The lowest BCUT2D eigenvalue weighted by molar-refractivity contribution is -0.129. The minimum Gasteiger partial charge on any atom is -0.493 e. The molecule has 0 aliphatic heterocycles. The summed E-state index contributed by atoms with van der Waals surface area (Å²) in [6, 6.07) is 21.0. The molecule has 0 aliphatic carbocycles. The molecule has 192 valence electrons. The van der Waals surface area contributed by atoms with Gasteiger partial charge in [-0.05, 0) is 23.8 Å². The molecule has 3 rings (SSSR count). The number of rotatable bonds is 14. The monoisotopic (exact) mass is 496 g/mol. The van der Waals surface area contributed by atoms with E-state index in [2.05, 4.69) is 5.32 Å². The molecule has 0 heterocycles. The Morgan fingerprint density at radius 2 is 1.75 bits per heavy atom. The third kappa shape index (κ3) is 7.96. The molecule has 8 heteroatoms. The van der Waals surface area contributed by atoms with Crippen LogP contribution in [-0.4, -0.2) is 57.9 Å². The van der Waals surface area contributed by atoms with Gasteiger partial charge in [-0.1, -0.05) is 48.5 Å². The second-order valence-electron chi connectivity index (χ2n) is 8.15. The summed E-state index contributed by atoms with van der Waals surface area (Å²) in [5.74, 6) is 0.783. The van der Waals surface area contributed by atoms with Gasteiger partial charge < -0.3 is 24.3 Å². The quantitative estimate of drug-likeness (QED) is 0.363. The van der Waals surface area contributed by atoms with Gasteiger partial charge in [-0.25, -0.2) is 4.39 Å². The average molecular weight is 497 g/mol. The standard InChI is InChI=1S/C28H33FN2O5/c1-33-16-15-31(19-22-11-7-14-25(34-2)27(22)35-3)20-26(36-24-13-8-12-23(29)17-24)28(32)30-18-21-9-5-4-6-10-21/h4-14,17,26H,15-16,18-20H2,1-3H3,(H,30,32). The maximum absolute atomic E-state index is 13.8. The van der Waals surface area contributed by atoms with Crippen molar-refractivity contribution in [2.45, 2.75) is 19.2 Å². The third-order valence-corrected chi connectivity index (χ3v) is 5.59. The van der Waals surface area contributed by atoms with Gasteiger partial charge in [0.2, 0.25) is 0 Å². The lowest BCUT2D eigenvalue weighted by Gasteiger charge is -2.28. The number of halogens is 1. The van der Waals surface area contributed by atoms with Crippen LogP contribution in [0, 0.1) is 5.82 Å². The van der Waals surface area contributed by atoms with Crippen LogP contribution in [0.2, 0.25) is 0 Å². The van der Waals surface area contributed by atoms with Crippen LogP contribution >= 0.6 is 0 Å². The molecule has 0 bridgehead atoms. The normalized spacial score (nSPS) is 11.7. The van der Waals surface area contributed by atoms with E-state index in [0.717, 1.165) is 11.1 Å². The largest absolute Gasteiger partial charge is 0.493 e. The van der Waals surface area contributed by atoms with Gasteiger partial charge in [0, 0.05) is 44.9 Å². The van der Waals surface area contributed by atoms with Crippen molar-refractivity contribution in [2.75, 3.05) is 41.0 Å². The molecular weight excluding hydrogens is 463 g/mol. The van der Waals surface area contributed by atoms with Gasteiger partial charge >= 0.3 is 0 Å². The second kappa shape index (κ2) is 14.1. The molecule has 0 radical (unpaired) electrons. The molecule has 0 saturated heterocycles. The predicted molar refractivity (Wildman–Crippen MR) is 136 cm³/mol. The predicted octanol–water partition coefficient (Wildman–Crippen LogP) is 4.06. The summed E-state index contributed by atoms with van der Waals surface area (Å²) in [6.07, 6.45) is -0.899. The Labute approximate surface area is 211 Å². The number of hydrogen-bond donors (Lipinski definition) is 1. The highest BCUT2D eigenvalue weighted by molar-refractivity contribution is 5.81. The number of nitrogens with one attached hydrogen (secondary N) is 1. The number of para-hydroxylation sites is 1. The second-order valence-corrected chi connectivity index (χ2v) is 8.15. The van der Waals surface area contributed by atoms with Gasteiger partial charge in [-0.3, -0.25) is 9.69 Å². The number of amides is 1. The molecule has 0 spiro atoms. The third-order valence-electron chi connectivity index (χ3n) is 5.59. The van der Waals surface area contributed by atoms with E-state index in [1.54, 1.807) is 33.5 Å². The zero-order valence-electron chi connectivity index (χ0n) is 20.9. The fraction of sp³-hybridized carbons (Fsp3) is 0.321. The minimum atomic E-state index is -0.899. The molecule has 0 fully saturated rings. The maximum Gasteiger partial charge on any atom is 0.262 e. The average Bonchev–Trinajstić information content (AvgIpc) is 2.90. The first kappa shape index (κ1) is 27.0. The molecule has 3 aromatic carbocycles. The van der Waals surface area contributed by atoms with E-state index < -0.39 is 11.9 Å². The topological polar surface area (TPSA) is 69.3 Å².